The van der Waals surface area contributed by atoms with Gasteiger partial charge in [-0.25, -0.2) is 4.79 Å². The summed E-state index contributed by atoms with van der Waals surface area (Å²) in [7, 11) is 4.02. The van der Waals surface area contributed by atoms with Crippen molar-refractivity contribution < 1.29 is 9.59 Å². The molecule has 1 saturated carbocycles. The van der Waals surface area contributed by atoms with Crippen LogP contribution in [-0.4, -0.2) is 73.0 Å². The first-order valence-corrected chi connectivity index (χ1v) is 9.95. The van der Waals surface area contributed by atoms with Crippen molar-refractivity contribution in [3.8, 4) is 0 Å². The van der Waals surface area contributed by atoms with Crippen molar-refractivity contribution in [2.75, 3.05) is 40.3 Å². The number of amides is 3. The summed E-state index contributed by atoms with van der Waals surface area (Å²) < 4.78 is 0. The lowest BCUT2D eigenvalue weighted by Crippen LogP contribution is -2.44. The summed E-state index contributed by atoms with van der Waals surface area (Å²) in [6.45, 7) is 5.51. The lowest BCUT2D eigenvalue weighted by molar-refractivity contribution is -0.128. The monoisotopic (exact) mass is 372 g/mol. The first kappa shape index (κ1) is 19.7. The number of likely N-dealkylation sites (tertiary alicyclic amines) is 1. The largest absolute Gasteiger partial charge is 0.339 e. The summed E-state index contributed by atoms with van der Waals surface area (Å²) in [5, 5.41) is 3.07. The highest BCUT2D eigenvalue weighted by Crippen LogP contribution is 2.32. The Kier molecular flexibility index (Phi) is 6.37. The fourth-order valence-corrected chi connectivity index (χ4v) is 3.51. The maximum absolute atomic E-state index is 12.8. The van der Waals surface area contributed by atoms with Crippen LogP contribution in [0.5, 0.6) is 0 Å². The SMILES string of the molecule is Cc1ccc(CN(CCN(C)C)C(=O)NCC2CC(=O)N(C3CC3)C2)cc1. The Morgan fingerprint density at radius 3 is 2.52 bits per heavy atom. The van der Waals surface area contributed by atoms with Gasteiger partial charge in [0.15, 0.2) is 0 Å². The Balaban J connectivity index is 1.53. The molecule has 1 N–H and O–H groups in total. The second-order valence-electron chi connectivity index (χ2n) is 8.24. The molecule has 0 radical (unpaired) electrons. The molecule has 2 fully saturated rings. The van der Waals surface area contributed by atoms with Crippen molar-refractivity contribution in [2.24, 2.45) is 5.92 Å². The molecule has 6 heteroatoms. The number of aryl methyl sites for hydroxylation is 1. The zero-order valence-electron chi connectivity index (χ0n) is 16.8. The van der Waals surface area contributed by atoms with Gasteiger partial charge in [0, 0.05) is 51.1 Å². The number of carbonyl (C=O) groups is 2. The van der Waals surface area contributed by atoms with Gasteiger partial charge in [-0.3, -0.25) is 4.79 Å². The predicted octanol–water partition coefficient (Wildman–Crippen LogP) is 2.08. The zero-order valence-corrected chi connectivity index (χ0v) is 16.8. The lowest BCUT2D eigenvalue weighted by atomic mass is 10.1. The molecular formula is C21H32N4O2. The quantitative estimate of drug-likeness (QED) is 0.760. The summed E-state index contributed by atoms with van der Waals surface area (Å²) in [4.78, 5) is 30.8. The summed E-state index contributed by atoms with van der Waals surface area (Å²) in [6.07, 6.45) is 2.84. The first-order chi connectivity index (χ1) is 12.9. The van der Waals surface area contributed by atoms with Gasteiger partial charge in [0.1, 0.15) is 0 Å². The van der Waals surface area contributed by atoms with Gasteiger partial charge in [-0.15, -0.1) is 0 Å². The van der Waals surface area contributed by atoms with Gasteiger partial charge in [0.05, 0.1) is 0 Å². The summed E-state index contributed by atoms with van der Waals surface area (Å²) in [6, 6.07) is 8.73. The predicted molar refractivity (Wildman–Crippen MR) is 106 cm³/mol. The number of rotatable bonds is 8. The molecular weight excluding hydrogens is 340 g/mol. The smallest absolute Gasteiger partial charge is 0.317 e. The van der Waals surface area contributed by atoms with Crippen molar-refractivity contribution in [1.82, 2.24) is 20.0 Å². The Hall–Kier alpha value is -2.08. The highest BCUT2D eigenvalue weighted by atomic mass is 16.2. The van der Waals surface area contributed by atoms with Crippen LogP contribution in [0.15, 0.2) is 24.3 Å². The highest BCUT2D eigenvalue weighted by molar-refractivity contribution is 5.79. The maximum atomic E-state index is 12.8. The molecule has 1 aromatic carbocycles. The minimum atomic E-state index is -0.0465. The normalized spacial score (nSPS) is 19.6. The fraction of sp³-hybridized carbons (Fsp3) is 0.619. The van der Waals surface area contributed by atoms with E-state index in [0.29, 0.717) is 32.1 Å². The Morgan fingerprint density at radius 1 is 1.19 bits per heavy atom. The van der Waals surface area contributed by atoms with E-state index in [9.17, 15) is 9.59 Å². The number of carbonyl (C=O) groups excluding carboxylic acids is 2. The third kappa shape index (κ3) is 5.70. The zero-order chi connectivity index (χ0) is 19.4. The molecule has 1 heterocycles. The van der Waals surface area contributed by atoms with E-state index >= 15 is 0 Å². The maximum Gasteiger partial charge on any atom is 0.317 e. The van der Waals surface area contributed by atoms with Gasteiger partial charge < -0.3 is 20.0 Å². The topological polar surface area (TPSA) is 55.9 Å². The number of hydrogen-bond donors (Lipinski definition) is 1. The summed E-state index contributed by atoms with van der Waals surface area (Å²) >= 11 is 0. The van der Waals surface area contributed by atoms with E-state index in [1.54, 1.807) is 0 Å². The van der Waals surface area contributed by atoms with Crippen LogP contribution >= 0.6 is 0 Å². The third-order valence-electron chi connectivity index (χ3n) is 5.37. The van der Waals surface area contributed by atoms with Gasteiger partial charge in [-0.05, 0) is 39.4 Å². The van der Waals surface area contributed by atoms with Crippen molar-refractivity contribution in [2.45, 2.75) is 38.8 Å². The number of benzene rings is 1. The van der Waals surface area contributed by atoms with Crippen molar-refractivity contribution in [1.29, 1.82) is 0 Å². The summed E-state index contributed by atoms with van der Waals surface area (Å²) in [5.74, 6) is 0.484. The van der Waals surface area contributed by atoms with Crippen LogP contribution in [0.1, 0.15) is 30.4 Å². The number of nitrogens with one attached hydrogen (secondary N) is 1. The third-order valence-corrected chi connectivity index (χ3v) is 5.37. The van der Waals surface area contributed by atoms with Gasteiger partial charge in [-0.1, -0.05) is 29.8 Å². The van der Waals surface area contributed by atoms with E-state index in [0.717, 1.165) is 31.5 Å². The molecule has 6 nitrogen and oxygen atoms in total. The Labute approximate surface area is 162 Å². The molecule has 1 aromatic rings. The lowest BCUT2D eigenvalue weighted by Gasteiger charge is -2.25. The minimum absolute atomic E-state index is 0.0465. The van der Waals surface area contributed by atoms with E-state index in [4.69, 9.17) is 0 Å². The second kappa shape index (κ2) is 8.74. The first-order valence-electron chi connectivity index (χ1n) is 9.95. The van der Waals surface area contributed by atoms with Crippen LogP contribution in [0.2, 0.25) is 0 Å². The molecule has 2 aliphatic rings. The molecule has 3 rings (SSSR count). The van der Waals surface area contributed by atoms with Crippen LogP contribution in [0, 0.1) is 12.8 Å². The van der Waals surface area contributed by atoms with Crippen LogP contribution in [0.25, 0.3) is 0 Å². The van der Waals surface area contributed by atoms with Gasteiger partial charge in [-0.2, -0.15) is 0 Å². The molecule has 27 heavy (non-hydrogen) atoms. The number of likely N-dealkylation sites (N-methyl/N-ethyl adjacent to an activating group) is 1. The van der Waals surface area contributed by atoms with E-state index < -0.39 is 0 Å². The van der Waals surface area contributed by atoms with E-state index in [-0.39, 0.29) is 17.9 Å². The molecule has 1 unspecified atom stereocenters. The molecule has 0 aromatic heterocycles. The van der Waals surface area contributed by atoms with E-state index in [2.05, 4.69) is 41.4 Å². The van der Waals surface area contributed by atoms with Gasteiger partial charge >= 0.3 is 6.03 Å². The van der Waals surface area contributed by atoms with Crippen LogP contribution in [0.3, 0.4) is 0 Å². The van der Waals surface area contributed by atoms with Crippen LogP contribution in [-0.2, 0) is 11.3 Å². The average molecular weight is 373 g/mol. The van der Waals surface area contributed by atoms with Crippen molar-refractivity contribution in [3.05, 3.63) is 35.4 Å². The Morgan fingerprint density at radius 2 is 1.89 bits per heavy atom. The highest BCUT2D eigenvalue weighted by Gasteiger charge is 2.39. The standard InChI is InChI=1S/C21H32N4O2/c1-16-4-6-17(7-5-16)14-24(11-10-23(2)3)21(27)22-13-18-12-20(26)25(15-18)19-8-9-19/h4-7,18-19H,8-15H2,1-3H3,(H,22,27). The summed E-state index contributed by atoms with van der Waals surface area (Å²) in [5.41, 5.74) is 2.35. The van der Waals surface area contributed by atoms with Crippen LogP contribution in [0.4, 0.5) is 4.79 Å². The second-order valence-corrected chi connectivity index (χ2v) is 8.24. The molecule has 0 spiro atoms. The molecule has 1 saturated heterocycles. The van der Waals surface area contributed by atoms with Gasteiger partial charge in [0.2, 0.25) is 5.91 Å². The van der Waals surface area contributed by atoms with Gasteiger partial charge in [0.25, 0.3) is 0 Å². The molecule has 3 amide bonds. The van der Waals surface area contributed by atoms with Crippen molar-refractivity contribution in [3.63, 3.8) is 0 Å². The molecule has 148 valence electrons. The molecule has 1 aliphatic carbocycles. The fourth-order valence-electron chi connectivity index (χ4n) is 3.51. The Bertz CT molecular complexity index is 655. The molecule has 1 atom stereocenters. The molecule has 0 bridgehead atoms. The number of nitrogens with zero attached hydrogens (tertiary/aromatic N) is 3. The van der Waals surface area contributed by atoms with Crippen LogP contribution < -0.4 is 5.32 Å². The van der Waals surface area contributed by atoms with Crippen molar-refractivity contribution >= 4 is 11.9 Å². The molecule has 1 aliphatic heterocycles. The minimum Gasteiger partial charge on any atom is -0.339 e. The number of hydrogen-bond acceptors (Lipinski definition) is 3. The number of urea groups is 1. The van der Waals surface area contributed by atoms with E-state index in [1.165, 1.54) is 5.56 Å². The van der Waals surface area contributed by atoms with E-state index in [1.807, 2.05) is 23.9 Å². The average Bonchev–Trinajstić information content (AvgIpc) is 3.40.